The lowest BCUT2D eigenvalue weighted by Crippen LogP contribution is -2.40. The van der Waals surface area contributed by atoms with Crippen molar-refractivity contribution in [3.8, 4) is 0 Å². The zero-order valence-corrected chi connectivity index (χ0v) is 11.6. The van der Waals surface area contributed by atoms with E-state index < -0.39 is 0 Å². The molecule has 1 saturated carbocycles. The van der Waals surface area contributed by atoms with Crippen LogP contribution in [0.25, 0.3) is 0 Å². The van der Waals surface area contributed by atoms with E-state index in [-0.39, 0.29) is 12.0 Å². The van der Waals surface area contributed by atoms with Crippen molar-refractivity contribution in [3.05, 3.63) is 29.8 Å². The summed E-state index contributed by atoms with van der Waals surface area (Å²) >= 11 is 1.71. The number of methoxy groups -OCH3 is 1. The van der Waals surface area contributed by atoms with Crippen molar-refractivity contribution in [2.75, 3.05) is 12.9 Å². The summed E-state index contributed by atoms with van der Waals surface area (Å²) < 4.78 is 4.84. The Morgan fingerprint density at radius 1 is 1.50 bits per heavy atom. The number of nitrogens with one attached hydrogen (secondary N) is 1. The van der Waals surface area contributed by atoms with Gasteiger partial charge in [-0.3, -0.25) is 4.79 Å². The summed E-state index contributed by atoms with van der Waals surface area (Å²) in [6.07, 6.45) is 2.34. The predicted octanol–water partition coefficient (Wildman–Crippen LogP) is 2.38. The smallest absolute Gasteiger partial charge is 0.323 e. The van der Waals surface area contributed by atoms with Gasteiger partial charge in [0.25, 0.3) is 0 Å². The maximum absolute atomic E-state index is 11.7. The fourth-order valence-electron chi connectivity index (χ4n) is 1.75. The van der Waals surface area contributed by atoms with Crippen LogP contribution in [0.3, 0.4) is 0 Å². The first kappa shape index (κ1) is 13.4. The standard InChI is InChI=1S/C14H19NO2S/c1-10-5-3-4-6-13(10)18-9-12(14(16)17-2)15-11-7-8-11/h3-6,11-12,15H,7-9H2,1-2H3. The Morgan fingerprint density at radius 2 is 2.22 bits per heavy atom. The summed E-state index contributed by atoms with van der Waals surface area (Å²) in [5.74, 6) is 0.552. The molecule has 18 heavy (non-hydrogen) atoms. The van der Waals surface area contributed by atoms with E-state index >= 15 is 0 Å². The van der Waals surface area contributed by atoms with Gasteiger partial charge in [0.1, 0.15) is 6.04 Å². The van der Waals surface area contributed by atoms with Gasteiger partial charge < -0.3 is 10.1 Å². The SMILES string of the molecule is COC(=O)C(CSc1ccccc1C)NC1CC1. The fourth-order valence-corrected chi connectivity index (χ4v) is 2.80. The van der Waals surface area contributed by atoms with E-state index in [0.29, 0.717) is 11.8 Å². The van der Waals surface area contributed by atoms with Gasteiger partial charge in [0.05, 0.1) is 7.11 Å². The zero-order valence-electron chi connectivity index (χ0n) is 10.8. The molecule has 2 rings (SSSR count). The number of carbonyl (C=O) groups excluding carboxylic acids is 1. The highest BCUT2D eigenvalue weighted by molar-refractivity contribution is 7.99. The van der Waals surface area contributed by atoms with Gasteiger partial charge in [0.15, 0.2) is 0 Å². The minimum Gasteiger partial charge on any atom is -0.468 e. The molecule has 1 unspecified atom stereocenters. The van der Waals surface area contributed by atoms with E-state index in [2.05, 4.69) is 24.4 Å². The third-order valence-electron chi connectivity index (χ3n) is 3.00. The molecule has 0 heterocycles. The van der Waals surface area contributed by atoms with Crippen molar-refractivity contribution in [3.63, 3.8) is 0 Å². The average Bonchev–Trinajstić information content (AvgIpc) is 3.19. The molecule has 0 amide bonds. The Hall–Kier alpha value is -1.00. The second kappa shape index (κ2) is 6.25. The highest BCUT2D eigenvalue weighted by atomic mass is 32.2. The van der Waals surface area contributed by atoms with Crippen LogP contribution >= 0.6 is 11.8 Å². The van der Waals surface area contributed by atoms with Crippen molar-refractivity contribution in [2.24, 2.45) is 0 Å². The van der Waals surface area contributed by atoms with Gasteiger partial charge in [-0.15, -0.1) is 11.8 Å². The van der Waals surface area contributed by atoms with Crippen LogP contribution in [0, 0.1) is 6.92 Å². The molecule has 0 bridgehead atoms. The molecule has 4 heteroatoms. The van der Waals surface area contributed by atoms with E-state index in [4.69, 9.17) is 4.74 Å². The second-order valence-electron chi connectivity index (χ2n) is 4.59. The number of hydrogen-bond donors (Lipinski definition) is 1. The van der Waals surface area contributed by atoms with Crippen LogP contribution in [0.1, 0.15) is 18.4 Å². The molecule has 1 aliphatic carbocycles. The molecule has 0 spiro atoms. The molecule has 0 aliphatic heterocycles. The monoisotopic (exact) mass is 265 g/mol. The lowest BCUT2D eigenvalue weighted by atomic mass is 10.2. The van der Waals surface area contributed by atoms with Crippen molar-refractivity contribution in [1.82, 2.24) is 5.32 Å². The Bertz CT molecular complexity index is 418. The van der Waals surface area contributed by atoms with E-state index in [9.17, 15) is 4.79 Å². The largest absolute Gasteiger partial charge is 0.468 e. The van der Waals surface area contributed by atoms with Gasteiger partial charge in [-0.25, -0.2) is 0 Å². The van der Waals surface area contributed by atoms with Crippen LogP contribution in [-0.2, 0) is 9.53 Å². The highest BCUT2D eigenvalue weighted by Gasteiger charge is 2.28. The maximum atomic E-state index is 11.7. The third kappa shape index (κ3) is 3.75. The summed E-state index contributed by atoms with van der Waals surface area (Å²) in [4.78, 5) is 12.9. The highest BCUT2D eigenvalue weighted by Crippen LogP contribution is 2.25. The maximum Gasteiger partial charge on any atom is 0.323 e. The van der Waals surface area contributed by atoms with Crippen molar-refractivity contribution in [2.45, 2.75) is 36.7 Å². The van der Waals surface area contributed by atoms with Gasteiger partial charge in [-0.2, -0.15) is 0 Å². The van der Waals surface area contributed by atoms with Crippen molar-refractivity contribution >= 4 is 17.7 Å². The molecular formula is C14H19NO2S. The van der Waals surface area contributed by atoms with E-state index in [0.717, 1.165) is 0 Å². The third-order valence-corrected chi connectivity index (χ3v) is 4.27. The number of aryl methyl sites for hydroxylation is 1. The molecule has 1 aromatic rings. The molecule has 98 valence electrons. The first-order valence-electron chi connectivity index (χ1n) is 6.23. The summed E-state index contributed by atoms with van der Waals surface area (Å²) in [7, 11) is 1.45. The number of ether oxygens (including phenoxy) is 1. The van der Waals surface area contributed by atoms with E-state index in [1.54, 1.807) is 11.8 Å². The predicted molar refractivity (Wildman–Crippen MR) is 73.9 cm³/mol. The molecule has 3 nitrogen and oxygen atoms in total. The van der Waals surface area contributed by atoms with Crippen molar-refractivity contribution in [1.29, 1.82) is 0 Å². The second-order valence-corrected chi connectivity index (χ2v) is 5.66. The first-order valence-corrected chi connectivity index (χ1v) is 7.21. The van der Waals surface area contributed by atoms with Gasteiger partial charge in [-0.1, -0.05) is 18.2 Å². The number of rotatable bonds is 6. The lowest BCUT2D eigenvalue weighted by Gasteiger charge is -2.16. The van der Waals surface area contributed by atoms with Crippen LogP contribution in [0.2, 0.25) is 0 Å². The van der Waals surface area contributed by atoms with Crippen LogP contribution in [0.4, 0.5) is 0 Å². The van der Waals surface area contributed by atoms with Gasteiger partial charge in [0.2, 0.25) is 0 Å². The Balaban J connectivity index is 1.92. The zero-order chi connectivity index (χ0) is 13.0. The number of hydrogen-bond acceptors (Lipinski definition) is 4. The topological polar surface area (TPSA) is 38.3 Å². The fraction of sp³-hybridized carbons (Fsp3) is 0.500. The minimum absolute atomic E-state index is 0.164. The molecule has 1 atom stereocenters. The summed E-state index contributed by atoms with van der Waals surface area (Å²) in [5.41, 5.74) is 1.25. The quantitative estimate of drug-likeness (QED) is 0.633. The number of carbonyl (C=O) groups is 1. The Labute approximate surface area is 112 Å². The van der Waals surface area contributed by atoms with Gasteiger partial charge in [0, 0.05) is 16.7 Å². The molecule has 1 aromatic carbocycles. The number of esters is 1. The van der Waals surface area contributed by atoms with Gasteiger partial charge in [-0.05, 0) is 31.4 Å². The van der Waals surface area contributed by atoms with Crippen LogP contribution in [0.15, 0.2) is 29.2 Å². The lowest BCUT2D eigenvalue weighted by molar-refractivity contribution is -0.142. The van der Waals surface area contributed by atoms with Crippen LogP contribution < -0.4 is 5.32 Å². The Morgan fingerprint density at radius 3 is 2.83 bits per heavy atom. The number of benzene rings is 1. The molecule has 0 saturated heterocycles. The summed E-state index contributed by atoms with van der Waals surface area (Å²) in [6.45, 7) is 2.09. The molecule has 1 N–H and O–H groups in total. The molecule has 1 aliphatic rings. The first-order chi connectivity index (χ1) is 8.70. The average molecular weight is 265 g/mol. The normalized spacial score (nSPS) is 16.3. The Kier molecular flexibility index (Phi) is 4.66. The molecule has 0 radical (unpaired) electrons. The van der Waals surface area contributed by atoms with Crippen LogP contribution in [0.5, 0.6) is 0 Å². The van der Waals surface area contributed by atoms with Gasteiger partial charge >= 0.3 is 5.97 Å². The molecule has 1 fully saturated rings. The molecular weight excluding hydrogens is 246 g/mol. The number of thioether (sulfide) groups is 1. The summed E-state index contributed by atoms with van der Waals surface area (Å²) in [6, 6.07) is 8.53. The summed E-state index contributed by atoms with van der Waals surface area (Å²) in [5, 5.41) is 3.34. The van der Waals surface area contributed by atoms with Crippen LogP contribution in [-0.4, -0.2) is 30.9 Å². The minimum atomic E-state index is -0.202. The van der Waals surface area contributed by atoms with E-state index in [1.807, 2.05) is 12.1 Å². The van der Waals surface area contributed by atoms with Crippen molar-refractivity contribution < 1.29 is 9.53 Å². The van der Waals surface area contributed by atoms with E-state index in [1.165, 1.54) is 30.4 Å². The molecule has 0 aromatic heterocycles.